The van der Waals surface area contributed by atoms with Gasteiger partial charge in [0.2, 0.25) is 0 Å². The molecule has 0 saturated carbocycles. The van der Waals surface area contributed by atoms with Gasteiger partial charge in [0.15, 0.2) is 5.65 Å². The smallest absolute Gasteiger partial charge is 0.308 e. The first-order chi connectivity index (χ1) is 20.0. The summed E-state index contributed by atoms with van der Waals surface area (Å²) in [5, 5.41) is 14.2. The lowest BCUT2D eigenvalue weighted by molar-refractivity contribution is 0.102. The molecule has 0 atom stereocenters. The van der Waals surface area contributed by atoms with Gasteiger partial charge in [0.05, 0.1) is 5.39 Å². The van der Waals surface area contributed by atoms with Crippen LogP contribution in [-0.2, 0) is 5.41 Å². The second kappa shape index (κ2) is 11.4. The van der Waals surface area contributed by atoms with Gasteiger partial charge < -0.3 is 16.0 Å². The fraction of sp³-hybridized carbons (Fsp3) is 0.242. The van der Waals surface area contributed by atoms with Crippen molar-refractivity contribution in [2.75, 3.05) is 16.0 Å². The van der Waals surface area contributed by atoms with Gasteiger partial charge in [0.25, 0.3) is 5.91 Å². The second-order valence-electron chi connectivity index (χ2n) is 11.6. The van der Waals surface area contributed by atoms with Gasteiger partial charge in [-0.3, -0.25) is 4.79 Å². The van der Waals surface area contributed by atoms with E-state index in [2.05, 4.69) is 46.7 Å². The summed E-state index contributed by atoms with van der Waals surface area (Å²) in [4.78, 5) is 34.7. The predicted octanol–water partition coefficient (Wildman–Crippen LogP) is 7.58. The predicted molar refractivity (Wildman–Crippen MR) is 168 cm³/mol. The number of anilines is 3. The molecule has 0 aliphatic heterocycles. The van der Waals surface area contributed by atoms with Crippen LogP contribution in [0.15, 0.2) is 79.1 Å². The van der Waals surface area contributed by atoms with Crippen LogP contribution in [0.3, 0.4) is 0 Å². The number of hydrogen-bond donors (Lipinski definition) is 3. The number of carbonyl (C=O) groups excluding carboxylic acids is 2. The van der Waals surface area contributed by atoms with Crippen molar-refractivity contribution >= 4 is 40.2 Å². The van der Waals surface area contributed by atoms with Crippen molar-refractivity contribution in [1.82, 2.24) is 19.7 Å². The number of hydrogen-bond acceptors (Lipinski definition) is 5. The quantitative estimate of drug-likeness (QED) is 0.198. The van der Waals surface area contributed by atoms with Gasteiger partial charge in [-0.1, -0.05) is 57.2 Å². The molecule has 214 valence electrons. The molecule has 9 heteroatoms. The fourth-order valence-electron chi connectivity index (χ4n) is 4.66. The van der Waals surface area contributed by atoms with Crippen molar-refractivity contribution in [3.8, 4) is 11.3 Å². The Bertz CT molecular complexity index is 1750. The van der Waals surface area contributed by atoms with Crippen LogP contribution in [0.5, 0.6) is 0 Å². The van der Waals surface area contributed by atoms with Crippen molar-refractivity contribution in [2.24, 2.45) is 0 Å². The van der Waals surface area contributed by atoms with E-state index < -0.39 is 0 Å². The SMILES string of the molecule is Cc1cccc(NC(=O)Nc2ccc(-c3nn(C(C)C)c4ncnc(NC(=O)c5ccc(C(C)(C)C)cc5)c34)cc2)c1. The van der Waals surface area contributed by atoms with Crippen LogP contribution in [0, 0.1) is 6.92 Å². The molecular formula is C33H35N7O2. The lowest BCUT2D eigenvalue weighted by Gasteiger charge is -2.19. The number of fused-ring (bicyclic) bond motifs is 1. The molecule has 0 radical (unpaired) electrons. The van der Waals surface area contributed by atoms with Crippen LogP contribution in [-0.4, -0.2) is 31.7 Å². The van der Waals surface area contributed by atoms with E-state index >= 15 is 0 Å². The van der Waals surface area contributed by atoms with Crippen molar-refractivity contribution in [3.05, 3.63) is 95.8 Å². The number of rotatable bonds is 6. The highest BCUT2D eigenvalue weighted by Crippen LogP contribution is 2.33. The molecule has 2 aromatic heterocycles. The topological polar surface area (TPSA) is 114 Å². The molecule has 0 aliphatic rings. The summed E-state index contributed by atoms with van der Waals surface area (Å²) in [6.45, 7) is 12.4. The molecule has 3 aromatic carbocycles. The number of urea groups is 1. The molecule has 9 nitrogen and oxygen atoms in total. The number of nitrogens with zero attached hydrogens (tertiary/aromatic N) is 4. The third kappa shape index (κ3) is 6.15. The number of aromatic nitrogens is 4. The van der Waals surface area contributed by atoms with Crippen molar-refractivity contribution in [1.29, 1.82) is 0 Å². The van der Waals surface area contributed by atoms with Gasteiger partial charge in [-0.15, -0.1) is 0 Å². The van der Waals surface area contributed by atoms with E-state index in [1.54, 1.807) is 0 Å². The van der Waals surface area contributed by atoms with Gasteiger partial charge in [-0.2, -0.15) is 5.10 Å². The van der Waals surface area contributed by atoms with Crippen LogP contribution >= 0.6 is 0 Å². The Hall–Kier alpha value is -5.05. The molecule has 0 spiro atoms. The third-order valence-corrected chi connectivity index (χ3v) is 6.92. The van der Waals surface area contributed by atoms with Gasteiger partial charge >= 0.3 is 6.03 Å². The molecule has 3 N–H and O–H groups in total. The van der Waals surface area contributed by atoms with Crippen molar-refractivity contribution in [2.45, 2.75) is 53.0 Å². The maximum atomic E-state index is 13.3. The molecule has 3 amide bonds. The Balaban J connectivity index is 1.42. The number of carbonyl (C=O) groups is 2. The number of benzene rings is 3. The summed E-state index contributed by atoms with van der Waals surface area (Å²) in [7, 11) is 0. The van der Waals surface area contributed by atoms with E-state index in [1.165, 1.54) is 6.33 Å². The van der Waals surface area contributed by atoms with E-state index in [9.17, 15) is 9.59 Å². The van der Waals surface area contributed by atoms with Crippen LogP contribution in [0.25, 0.3) is 22.3 Å². The highest BCUT2D eigenvalue weighted by molar-refractivity contribution is 6.10. The maximum absolute atomic E-state index is 13.3. The van der Waals surface area contributed by atoms with E-state index in [0.717, 1.165) is 22.4 Å². The lowest BCUT2D eigenvalue weighted by atomic mass is 9.87. The molecule has 5 rings (SSSR count). The minimum atomic E-state index is -0.336. The normalized spacial score (nSPS) is 11.5. The Kier molecular flexibility index (Phi) is 7.76. The minimum absolute atomic E-state index is 0.00988. The van der Waals surface area contributed by atoms with Crippen LogP contribution in [0.2, 0.25) is 0 Å². The first-order valence-electron chi connectivity index (χ1n) is 13.9. The Labute approximate surface area is 245 Å². The maximum Gasteiger partial charge on any atom is 0.323 e. The molecule has 0 aliphatic carbocycles. The van der Waals surface area contributed by atoms with Gasteiger partial charge in [0, 0.05) is 28.5 Å². The van der Waals surface area contributed by atoms with Gasteiger partial charge in [0.1, 0.15) is 17.8 Å². The molecular weight excluding hydrogens is 526 g/mol. The average Bonchev–Trinajstić information content (AvgIpc) is 3.34. The number of amides is 3. The van der Waals surface area contributed by atoms with Gasteiger partial charge in [-0.25, -0.2) is 19.4 Å². The molecule has 0 bridgehead atoms. The summed E-state index contributed by atoms with van der Waals surface area (Å²) in [5.74, 6) is 0.115. The molecule has 0 fully saturated rings. The van der Waals surface area contributed by atoms with Crippen LogP contribution in [0.4, 0.5) is 22.0 Å². The second-order valence-corrected chi connectivity index (χ2v) is 11.6. The number of aryl methyl sites for hydroxylation is 1. The van der Waals surface area contributed by atoms with Gasteiger partial charge in [-0.05, 0) is 73.7 Å². The Morgan fingerprint density at radius 1 is 0.833 bits per heavy atom. The molecule has 0 unspecified atom stereocenters. The van der Waals surface area contributed by atoms with E-state index in [-0.39, 0.29) is 23.4 Å². The van der Waals surface area contributed by atoms with E-state index in [1.807, 2.05) is 98.2 Å². The van der Waals surface area contributed by atoms with Crippen molar-refractivity contribution < 1.29 is 9.59 Å². The summed E-state index contributed by atoms with van der Waals surface area (Å²) in [5.41, 5.74) is 6.12. The largest absolute Gasteiger partial charge is 0.323 e. The Morgan fingerprint density at radius 3 is 2.17 bits per heavy atom. The zero-order valence-corrected chi connectivity index (χ0v) is 24.7. The van der Waals surface area contributed by atoms with E-state index in [0.29, 0.717) is 33.8 Å². The first-order valence-corrected chi connectivity index (χ1v) is 13.9. The standard InChI is InChI=1S/C33H35N7O2/c1-20(2)40-30-27(29(34-19-35-30)38-31(41)23-10-14-24(15-11-23)33(4,5)6)28(39-40)22-12-16-25(17-13-22)36-32(42)37-26-9-7-8-21(3)18-26/h7-20H,1-6H3,(H2,36,37,42)(H,34,35,38,41). The molecule has 42 heavy (non-hydrogen) atoms. The molecule has 0 saturated heterocycles. The summed E-state index contributed by atoms with van der Waals surface area (Å²) in [6, 6.07) is 22.3. The first kappa shape index (κ1) is 28.5. The average molecular weight is 562 g/mol. The fourth-order valence-corrected chi connectivity index (χ4v) is 4.66. The Morgan fingerprint density at radius 2 is 1.52 bits per heavy atom. The van der Waals surface area contributed by atoms with E-state index in [4.69, 9.17) is 5.10 Å². The van der Waals surface area contributed by atoms with Crippen LogP contribution < -0.4 is 16.0 Å². The van der Waals surface area contributed by atoms with Crippen LogP contribution in [0.1, 0.15) is 62.1 Å². The highest BCUT2D eigenvalue weighted by atomic mass is 16.2. The zero-order chi connectivity index (χ0) is 30.0. The minimum Gasteiger partial charge on any atom is -0.308 e. The summed E-state index contributed by atoms with van der Waals surface area (Å²) < 4.78 is 1.82. The third-order valence-electron chi connectivity index (χ3n) is 6.92. The molecule has 2 heterocycles. The van der Waals surface area contributed by atoms with Crippen molar-refractivity contribution in [3.63, 3.8) is 0 Å². The monoisotopic (exact) mass is 561 g/mol. The summed E-state index contributed by atoms with van der Waals surface area (Å²) >= 11 is 0. The zero-order valence-electron chi connectivity index (χ0n) is 24.7. The lowest BCUT2D eigenvalue weighted by Crippen LogP contribution is -2.19. The molecule has 5 aromatic rings. The highest BCUT2D eigenvalue weighted by Gasteiger charge is 2.22. The number of nitrogens with one attached hydrogen (secondary N) is 3. The summed E-state index contributed by atoms with van der Waals surface area (Å²) in [6.07, 6.45) is 1.44.